The lowest BCUT2D eigenvalue weighted by atomic mass is 10.1. The monoisotopic (exact) mass is 175 g/mol. The molecule has 0 aromatic heterocycles. The van der Waals surface area contributed by atoms with Gasteiger partial charge in [0.2, 0.25) is 0 Å². The first-order valence-electron chi connectivity index (χ1n) is 4.20. The summed E-state index contributed by atoms with van der Waals surface area (Å²) in [6, 6.07) is -0.751. The predicted molar refractivity (Wildman–Crippen MR) is 45.8 cm³/mol. The third-order valence-corrected chi connectivity index (χ3v) is 1.70. The van der Waals surface area contributed by atoms with Crippen molar-refractivity contribution in [1.82, 2.24) is 0 Å². The molecule has 0 aromatic rings. The van der Waals surface area contributed by atoms with Crippen LogP contribution in [0.1, 0.15) is 32.6 Å². The second kappa shape index (κ2) is 5.97. The number of carboxylic acids is 1. The summed E-state index contributed by atoms with van der Waals surface area (Å²) in [5.41, 5.74) is 5.27. The normalized spacial score (nSPS) is 15.6. The highest BCUT2D eigenvalue weighted by Gasteiger charge is 2.10. The third kappa shape index (κ3) is 6.12. The number of hydrogen-bond acceptors (Lipinski definition) is 3. The van der Waals surface area contributed by atoms with Crippen molar-refractivity contribution in [3.8, 4) is 0 Å². The zero-order valence-corrected chi connectivity index (χ0v) is 7.36. The highest BCUT2D eigenvalue weighted by molar-refractivity contribution is 5.72. The minimum absolute atomic E-state index is 0.300. The van der Waals surface area contributed by atoms with E-state index in [1.165, 1.54) is 0 Å². The molecule has 0 heterocycles. The van der Waals surface area contributed by atoms with Gasteiger partial charge in [-0.15, -0.1) is 0 Å². The van der Waals surface area contributed by atoms with E-state index in [1.807, 2.05) is 0 Å². The Balaban J connectivity index is 3.25. The van der Waals surface area contributed by atoms with E-state index in [0.717, 1.165) is 12.8 Å². The number of aliphatic hydroxyl groups excluding tert-OH is 1. The maximum atomic E-state index is 10.3. The van der Waals surface area contributed by atoms with Crippen molar-refractivity contribution in [2.45, 2.75) is 44.8 Å². The lowest BCUT2D eigenvalue weighted by Crippen LogP contribution is -2.29. The van der Waals surface area contributed by atoms with Crippen molar-refractivity contribution >= 4 is 5.97 Å². The maximum Gasteiger partial charge on any atom is 0.320 e. The molecule has 0 bridgehead atoms. The summed E-state index contributed by atoms with van der Waals surface area (Å²) >= 11 is 0. The fraction of sp³-hybridized carbons (Fsp3) is 0.875. The Kier molecular flexibility index (Phi) is 5.66. The van der Waals surface area contributed by atoms with Crippen LogP contribution in [0.4, 0.5) is 0 Å². The van der Waals surface area contributed by atoms with Crippen molar-refractivity contribution in [3.05, 3.63) is 0 Å². The predicted octanol–water partition coefficient (Wildman–Crippen LogP) is 0.339. The molecule has 72 valence electrons. The summed E-state index contributed by atoms with van der Waals surface area (Å²) < 4.78 is 0. The molecule has 0 spiro atoms. The molecule has 0 rings (SSSR count). The van der Waals surface area contributed by atoms with Crippen molar-refractivity contribution in [2.24, 2.45) is 5.73 Å². The van der Waals surface area contributed by atoms with Crippen LogP contribution in [-0.4, -0.2) is 28.3 Å². The SMILES string of the molecule is C[C@H](O)CCCC[C@H](N)C(=O)O. The Bertz CT molecular complexity index is 136. The van der Waals surface area contributed by atoms with E-state index in [1.54, 1.807) is 6.92 Å². The van der Waals surface area contributed by atoms with Crippen LogP contribution in [0.3, 0.4) is 0 Å². The van der Waals surface area contributed by atoms with Crippen LogP contribution in [-0.2, 0) is 4.79 Å². The molecule has 0 aromatic carbocycles. The summed E-state index contributed by atoms with van der Waals surface area (Å²) in [5.74, 6) is -0.952. The minimum Gasteiger partial charge on any atom is -0.480 e. The van der Waals surface area contributed by atoms with Crippen molar-refractivity contribution in [3.63, 3.8) is 0 Å². The number of carbonyl (C=O) groups is 1. The zero-order chi connectivity index (χ0) is 9.56. The summed E-state index contributed by atoms with van der Waals surface area (Å²) in [7, 11) is 0. The number of unbranched alkanes of at least 4 members (excludes halogenated alkanes) is 1. The molecular formula is C8H17NO3. The van der Waals surface area contributed by atoms with Crippen LogP contribution in [0.2, 0.25) is 0 Å². The number of aliphatic carboxylic acids is 1. The first-order chi connectivity index (χ1) is 5.54. The molecule has 4 heteroatoms. The smallest absolute Gasteiger partial charge is 0.320 e. The molecular weight excluding hydrogens is 158 g/mol. The Morgan fingerprint density at radius 1 is 1.42 bits per heavy atom. The summed E-state index contributed by atoms with van der Waals surface area (Å²) in [6.45, 7) is 1.72. The quantitative estimate of drug-likeness (QED) is 0.508. The second-order valence-electron chi connectivity index (χ2n) is 3.08. The molecule has 2 atom stereocenters. The second-order valence-corrected chi connectivity index (χ2v) is 3.08. The van der Waals surface area contributed by atoms with Gasteiger partial charge in [0, 0.05) is 0 Å². The number of hydrogen-bond donors (Lipinski definition) is 3. The van der Waals surface area contributed by atoms with Gasteiger partial charge in [-0.25, -0.2) is 0 Å². The molecule has 0 saturated heterocycles. The highest BCUT2D eigenvalue weighted by Crippen LogP contribution is 2.04. The number of aliphatic hydroxyl groups is 1. The first kappa shape index (κ1) is 11.4. The number of carboxylic acid groups (broad SMARTS) is 1. The third-order valence-electron chi connectivity index (χ3n) is 1.70. The van der Waals surface area contributed by atoms with Crippen LogP contribution in [0.15, 0.2) is 0 Å². The Labute approximate surface area is 72.4 Å². The fourth-order valence-corrected chi connectivity index (χ4v) is 0.927. The standard InChI is InChI=1S/C8H17NO3/c1-6(10)4-2-3-5-7(9)8(11)12/h6-7,10H,2-5,9H2,1H3,(H,11,12)/t6-,7-/m0/s1. The van der Waals surface area contributed by atoms with Crippen molar-refractivity contribution in [1.29, 1.82) is 0 Å². The Hall–Kier alpha value is -0.610. The zero-order valence-electron chi connectivity index (χ0n) is 7.36. The van der Waals surface area contributed by atoms with Crippen LogP contribution in [0.25, 0.3) is 0 Å². The van der Waals surface area contributed by atoms with E-state index in [-0.39, 0.29) is 6.10 Å². The van der Waals surface area contributed by atoms with Gasteiger partial charge >= 0.3 is 5.97 Å². The van der Waals surface area contributed by atoms with Crippen molar-refractivity contribution in [2.75, 3.05) is 0 Å². The molecule has 0 amide bonds. The molecule has 4 N–H and O–H groups in total. The minimum atomic E-state index is -0.952. The molecule has 0 aliphatic carbocycles. The molecule has 0 fully saturated rings. The average molecular weight is 175 g/mol. The van der Waals surface area contributed by atoms with Gasteiger partial charge in [0.15, 0.2) is 0 Å². The molecule has 0 saturated carbocycles. The van der Waals surface area contributed by atoms with E-state index in [9.17, 15) is 4.79 Å². The molecule has 0 unspecified atom stereocenters. The van der Waals surface area contributed by atoms with E-state index < -0.39 is 12.0 Å². The Morgan fingerprint density at radius 2 is 1.92 bits per heavy atom. The molecule has 4 nitrogen and oxygen atoms in total. The molecule has 0 radical (unpaired) electrons. The average Bonchev–Trinajstić information content (AvgIpc) is 1.97. The topological polar surface area (TPSA) is 83.5 Å². The summed E-state index contributed by atoms with van der Waals surface area (Å²) in [4.78, 5) is 10.3. The Morgan fingerprint density at radius 3 is 2.33 bits per heavy atom. The van der Waals surface area contributed by atoms with E-state index in [0.29, 0.717) is 12.8 Å². The molecule has 0 aliphatic rings. The van der Waals surface area contributed by atoms with Crippen LogP contribution in [0, 0.1) is 0 Å². The van der Waals surface area contributed by atoms with Gasteiger partial charge in [-0.05, 0) is 19.8 Å². The van der Waals surface area contributed by atoms with Crippen LogP contribution < -0.4 is 5.73 Å². The van der Waals surface area contributed by atoms with Gasteiger partial charge in [-0.3, -0.25) is 4.79 Å². The number of nitrogens with two attached hydrogens (primary N) is 1. The van der Waals surface area contributed by atoms with Gasteiger partial charge in [-0.2, -0.15) is 0 Å². The summed E-state index contributed by atoms with van der Waals surface area (Å²) in [6.07, 6.45) is 2.50. The fourth-order valence-electron chi connectivity index (χ4n) is 0.927. The van der Waals surface area contributed by atoms with Gasteiger partial charge in [-0.1, -0.05) is 12.8 Å². The maximum absolute atomic E-state index is 10.3. The van der Waals surface area contributed by atoms with E-state index in [2.05, 4.69) is 0 Å². The van der Waals surface area contributed by atoms with Crippen molar-refractivity contribution < 1.29 is 15.0 Å². The van der Waals surface area contributed by atoms with Crippen LogP contribution >= 0.6 is 0 Å². The molecule has 0 aliphatic heterocycles. The van der Waals surface area contributed by atoms with E-state index >= 15 is 0 Å². The van der Waals surface area contributed by atoms with Gasteiger partial charge < -0.3 is 15.9 Å². The van der Waals surface area contributed by atoms with Crippen LogP contribution in [0.5, 0.6) is 0 Å². The van der Waals surface area contributed by atoms with E-state index in [4.69, 9.17) is 15.9 Å². The van der Waals surface area contributed by atoms with Gasteiger partial charge in [0.05, 0.1) is 6.10 Å². The van der Waals surface area contributed by atoms with Gasteiger partial charge in [0.1, 0.15) is 6.04 Å². The largest absolute Gasteiger partial charge is 0.480 e. The number of rotatable bonds is 6. The molecule has 12 heavy (non-hydrogen) atoms. The summed E-state index contributed by atoms with van der Waals surface area (Å²) in [5, 5.41) is 17.3. The first-order valence-corrected chi connectivity index (χ1v) is 4.20. The highest BCUT2D eigenvalue weighted by atomic mass is 16.4. The lowest BCUT2D eigenvalue weighted by molar-refractivity contribution is -0.138. The lowest BCUT2D eigenvalue weighted by Gasteiger charge is -2.06. The van der Waals surface area contributed by atoms with Gasteiger partial charge in [0.25, 0.3) is 0 Å².